The first-order valence-corrected chi connectivity index (χ1v) is 10.1. The second-order valence-electron chi connectivity index (χ2n) is 6.76. The van der Waals surface area contributed by atoms with Crippen LogP contribution in [0.5, 0.6) is 0 Å². The monoisotopic (exact) mass is 352 g/mol. The Morgan fingerprint density at radius 3 is 2.29 bits per heavy atom. The number of ketones is 1. The van der Waals surface area contributed by atoms with Crippen LogP contribution in [0.15, 0.2) is 12.1 Å². The molecule has 0 bridgehead atoms. The van der Waals surface area contributed by atoms with Crippen molar-refractivity contribution in [2.24, 2.45) is 5.92 Å². The van der Waals surface area contributed by atoms with Crippen LogP contribution in [0.3, 0.4) is 0 Å². The van der Waals surface area contributed by atoms with E-state index in [4.69, 9.17) is 9.05 Å². The number of aryl methyl sites for hydroxylation is 3. The maximum atomic E-state index is 13.2. The molecule has 1 aliphatic carbocycles. The highest BCUT2D eigenvalue weighted by atomic mass is 31.1. The minimum Gasteiger partial charge on any atom is -0.311 e. The van der Waals surface area contributed by atoms with Gasteiger partial charge in [-0.2, -0.15) is 0 Å². The normalized spacial score (nSPS) is 18.3. The highest BCUT2D eigenvalue weighted by Gasteiger charge is 2.34. The fraction of sp³-hybridized carbons (Fsp3) is 0.632. The third-order valence-electron chi connectivity index (χ3n) is 4.75. The van der Waals surface area contributed by atoms with Crippen LogP contribution in [0.1, 0.15) is 66.1 Å². The van der Waals surface area contributed by atoms with E-state index in [0.29, 0.717) is 12.2 Å². The molecule has 0 aromatic heterocycles. The van der Waals surface area contributed by atoms with Crippen LogP contribution in [0.2, 0.25) is 0 Å². The van der Waals surface area contributed by atoms with Crippen molar-refractivity contribution >= 4 is 14.0 Å². The van der Waals surface area contributed by atoms with E-state index in [0.717, 1.165) is 42.4 Å². The molecule has 1 aromatic rings. The second kappa shape index (κ2) is 8.94. The molecule has 2 rings (SSSR count). The smallest absolute Gasteiger partial charge is 0.311 e. The zero-order chi connectivity index (χ0) is 17.7. The van der Waals surface area contributed by atoms with Crippen LogP contribution < -0.4 is 0 Å². The van der Waals surface area contributed by atoms with Gasteiger partial charge in [-0.25, -0.2) is 0 Å². The van der Waals surface area contributed by atoms with Gasteiger partial charge in [0, 0.05) is 5.56 Å². The van der Waals surface area contributed by atoms with Crippen LogP contribution >= 0.6 is 8.25 Å². The van der Waals surface area contributed by atoms with Crippen molar-refractivity contribution in [3.8, 4) is 0 Å². The van der Waals surface area contributed by atoms with Gasteiger partial charge in [0.2, 0.25) is 0 Å². The van der Waals surface area contributed by atoms with E-state index in [1.165, 1.54) is 6.42 Å². The Morgan fingerprint density at radius 1 is 1.17 bits per heavy atom. The van der Waals surface area contributed by atoms with Crippen LogP contribution in [-0.4, -0.2) is 18.5 Å². The summed E-state index contributed by atoms with van der Waals surface area (Å²) in [5, 5.41) is 0. The lowest BCUT2D eigenvalue weighted by atomic mass is 9.81. The van der Waals surface area contributed by atoms with Gasteiger partial charge < -0.3 is 4.52 Å². The summed E-state index contributed by atoms with van der Waals surface area (Å²) in [6, 6.07) is 4.04. The summed E-state index contributed by atoms with van der Waals surface area (Å²) >= 11 is 0. The van der Waals surface area contributed by atoms with Crippen molar-refractivity contribution in [3.63, 3.8) is 0 Å². The summed E-state index contributed by atoms with van der Waals surface area (Å²) in [5.74, 6) is 0.0794. The van der Waals surface area contributed by atoms with Gasteiger partial charge in [-0.15, -0.1) is 0 Å². The second-order valence-corrected chi connectivity index (χ2v) is 7.78. The van der Waals surface area contributed by atoms with Crippen LogP contribution in [0.4, 0.5) is 0 Å². The highest BCUT2D eigenvalue weighted by Crippen LogP contribution is 2.37. The van der Waals surface area contributed by atoms with Gasteiger partial charge in [0.1, 0.15) is 6.10 Å². The highest BCUT2D eigenvalue weighted by molar-refractivity contribution is 7.33. The predicted molar refractivity (Wildman–Crippen MR) is 97.1 cm³/mol. The summed E-state index contributed by atoms with van der Waals surface area (Å²) in [5.41, 5.74) is 3.76. The fourth-order valence-electron chi connectivity index (χ4n) is 3.77. The average Bonchev–Trinajstić information content (AvgIpc) is 2.52. The molecule has 5 heteroatoms. The van der Waals surface area contributed by atoms with Gasteiger partial charge in [-0.05, 0) is 57.6 Å². The predicted octanol–water partition coefficient (Wildman–Crippen LogP) is 5.19. The third-order valence-corrected chi connectivity index (χ3v) is 5.72. The molecule has 134 valence electrons. The van der Waals surface area contributed by atoms with Gasteiger partial charge in [-0.1, -0.05) is 37.0 Å². The molecule has 1 aromatic carbocycles. The van der Waals surface area contributed by atoms with Crippen molar-refractivity contribution in [1.29, 1.82) is 0 Å². The van der Waals surface area contributed by atoms with Gasteiger partial charge >= 0.3 is 8.25 Å². The number of carbonyl (C=O) groups is 1. The number of hydrogen-bond acceptors (Lipinski definition) is 4. The van der Waals surface area contributed by atoms with Crippen LogP contribution in [0, 0.1) is 26.7 Å². The molecule has 0 saturated heterocycles. The summed E-state index contributed by atoms with van der Waals surface area (Å²) in [7, 11) is -2.64. The Kier molecular flexibility index (Phi) is 7.21. The molecule has 1 fully saturated rings. The molecule has 0 N–H and O–H groups in total. The molecule has 0 heterocycles. The van der Waals surface area contributed by atoms with Gasteiger partial charge in [0.05, 0.1) is 6.61 Å². The fourth-order valence-corrected chi connectivity index (χ4v) is 4.58. The van der Waals surface area contributed by atoms with Gasteiger partial charge in [-0.3, -0.25) is 13.9 Å². The summed E-state index contributed by atoms with van der Waals surface area (Å²) < 4.78 is 22.8. The molecule has 24 heavy (non-hydrogen) atoms. The minimum absolute atomic E-state index is 0.0463. The Labute approximate surface area is 145 Å². The average molecular weight is 352 g/mol. The topological polar surface area (TPSA) is 52.6 Å². The van der Waals surface area contributed by atoms with Crippen molar-refractivity contribution in [3.05, 3.63) is 34.4 Å². The third kappa shape index (κ3) is 4.78. The largest absolute Gasteiger partial charge is 0.319 e. The van der Waals surface area contributed by atoms with Crippen molar-refractivity contribution in [1.82, 2.24) is 0 Å². The van der Waals surface area contributed by atoms with Gasteiger partial charge in [0.25, 0.3) is 0 Å². The maximum absolute atomic E-state index is 13.2. The Hall–Kier alpha value is -0.960. The number of carbonyl (C=O) groups excluding carboxylic acids is 1. The van der Waals surface area contributed by atoms with E-state index in [1.54, 1.807) is 6.92 Å². The van der Waals surface area contributed by atoms with E-state index in [2.05, 4.69) is 0 Å². The van der Waals surface area contributed by atoms with Crippen LogP contribution in [0.25, 0.3) is 0 Å². The zero-order valence-corrected chi connectivity index (χ0v) is 16.2. The van der Waals surface area contributed by atoms with E-state index >= 15 is 0 Å². The summed E-state index contributed by atoms with van der Waals surface area (Å²) in [6.07, 6.45) is 4.62. The van der Waals surface area contributed by atoms with E-state index < -0.39 is 14.4 Å². The standard InChI is InChI=1S/C19H29O4P/c1-5-22-24(21)23-19(16-9-7-6-8-10-16)18(20)17-14(3)11-13(2)12-15(17)4/h11-12,16,19,24H,5-10H2,1-4H3. The lowest BCUT2D eigenvalue weighted by Gasteiger charge is -2.29. The van der Waals surface area contributed by atoms with Crippen molar-refractivity contribution in [2.45, 2.75) is 65.9 Å². The molecule has 0 aliphatic heterocycles. The maximum Gasteiger partial charge on any atom is 0.319 e. The lowest BCUT2D eigenvalue weighted by Crippen LogP contribution is -2.33. The van der Waals surface area contributed by atoms with Crippen molar-refractivity contribution in [2.75, 3.05) is 6.61 Å². The first kappa shape index (κ1) is 19.4. The first-order valence-electron chi connectivity index (χ1n) is 8.89. The molecular formula is C19H29O4P. The summed E-state index contributed by atoms with van der Waals surface area (Å²) in [6.45, 7) is 8.04. The molecule has 0 radical (unpaired) electrons. The molecule has 4 nitrogen and oxygen atoms in total. The Bertz CT molecular complexity index is 582. The summed E-state index contributed by atoms with van der Waals surface area (Å²) in [4.78, 5) is 13.2. The molecular weight excluding hydrogens is 323 g/mol. The molecule has 1 aliphatic rings. The number of Topliss-reactive ketones (excluding diaryl/α,β-unsaturated/α-hetero) is 1. The number of benzene rings is 1. The SMILES string of the molecule is CCO[PH](=O)OC(C(=O)c1c(C)cc(C)cc1C)C1CCCCC1. The molecule has 2 atom stereocenters. The quantitative estimate of drug-likeness (QED) is 0.501. The number of rotatable bonds is 7. The zero-order valence-electron chi connectivity index (χ0n) is 15.2. The van der Waals surface area contributed by atoms with Gasteiger partial charge in [0.15, 0.2) is 5.78 Å². The Balaban J connectivity index is 2.31. The molecule has 1 saturated carbocycles. The van der Waals surface area contributed by atoms with E-state index in [-0.39, 0.29) is 11.7 Å². The van der Waals surface area contributed by atoms with Crippen LogP contribution in [-0.2, 0) is 13.6 Å². The van der Waals surface area contributed by atoms with Crippen molar-refractivity contribution < 1.29 is 18.4 Å². The number of hydrogen-bond donors (Lipinski definition) is 0. The lowest BCUT2D eigenvalue weighted by molar-refractivity contribution is 0.0580. The van der Waals surface area contributed by atoms with E-state index in [9.17, 15) is 9.36 Å². The van der Waals surface area contributed by atoms with E-state index in [1.807, 2.05) is 32.9 Å². The first-order chi connectivity index (χ1) is 11.4. The molecule has 0 spiro atoms. The minimum atomic E-state index is -2.64. The molecule has 2 unspecified atom stereocenters. The molecule has 0 amide bonds. The Morgan fingerprint density at radius 2 is 1.75 bits per heavy atom.